The number of fused-ring (bicyclic) bond motifs is 1. The molecule has 2 aromatic heterocycles. The number of aryl methyl sites for hydroxylation is 1. The summed E-state index contributed by atoms with van der Waals surface area (Å²) in [5.74, 6) is 1.86. The van der Waals surface area contributed by atoms with Gasteiger partial charge in [0.2, 0.25) is 5.91 Å². The second kappa shape index (κ2) is 10.0. The number of nitrogens with one attached hydrogen (secondary N) is 1. The molecule has 1 unspecified atom stereocenters. The Hall–Kier alpha value is -3.38. The number of para-hydroxylation sites is 3. The summed E-state index contributed by atoms with van der Waals surface area (Å²) in [4.78, 5) is 20.1. The first kappa shape index (κ1) is 21.5. The van der Waals surface area contributed by atoms with E-state index in [9.17, 15) is 4.79 Å². The van der Waals surface area contributed by atoms with E-state index in [1.165, 1.54) is 19.3 Å². The Labute approximate surface area is 194 Å². The van der Waals surface area contributed by atoms with Crippen LogP contribution in [0.3, 0.4) is 0 Å². The highest BCUT2D eigenvalue weighted by Gasteiger charge is 2.25. The van der Waals surface area contributed by atoms with Crippen molar-refractivity contribution in [3.05, 3.63) is 84.6 Å². The summed E-state index contributed by atoms with van der Waals surface area (Å²) in [6.45, 7) is 2.64. The van der Waals surface area contributed by atoms with Crippen LogP contribution in [-0.4, -0.2) is 40.0 Å². The van der Waals surface area contributed by atoms with Crippen LogP contribution in [0.4, 0.5) is 0 Å². The molecule has 33 heavy (non-hydrogen) atoms. The van der Waals surface area contributed by atoms with Crippen LogP contribution >= 0.6 is 0 Å². The number of carbonyl (C=O) groups is 1. The lowest BCUT2D eigenvalue weighted by Gasteiger charge is -2.33. The number of nitrogens with zero attached hydrogens (tertiary/aromatic N) is 3. The lowest BCUT2D eigenvalue weighted by atomic mass is 10.1. The smallest absolute Gasteiger partial charge is 0.220 e. The molecule has 1 fully saturated rings. The third-order valence-corrected chi connectivity index (χ3v) is 6.42. The van der Waals surface area contributed by atoms with Crippen molar-refractivity contribution in [1.82, 2.24) is 19.8 Å². The van der Waals surface area contributed by atoms with Gasteiger partial charge in [0.1, 0.15) is 11.6 Å². The number of amides is 1. The molecule has 0 radical (unpaired) electrons. The van der Waals surface area contributed by atoms with E-state index in [1.807, 2.05) is 48.5 Å². The summed E-state index contributed by atoms with van der Waals surface area (Å²) in [7, 11) is 0. The SMILES string of the molecule is O=C(CCc1nc2ccccc2n1-c1ccccc1)NCC(c1ccco1)N1CCCCC1. The first-order chi connectivity index (χ1) is 16.3. The average Bonchev–Trinajstić information content (AvgIpc) is 3.52. The van der Waals surface area contributed by atoms with Gasteiger partial charge in [0.15, 0.2) is 0 Å². The van der Waals surface area contributed by atoms with Gasteiger partial charge < -0.3 is 9.73 Å². The fraction of sp³-hybridized carbons (Fsp3) is 0.333. The van der Waals surface area contributed by atoms with Gasteiger partial charge in [-0.15, -0.1) is 0 Å². The number of piperidine rings is 1. The fourth-order valence-corrected chi connectivity index (χ4v) is 4.75. The summed E-state index contributed by atoms with van der Waals surface area (Å²) < 4.78 is 7.86. The van der Waals surface area contributed by atoms with Crippen LogP contribution in [0.5, 0.6) is 0 Å². The zero-order valence-corrected chi connectivity index (χ0v) is 18.8. The Morgan fingerprint density at radius 2 is 1.76 bits per heavy atom. The predicted molar refractivity (Wildman–Crippen MR) is 129 cm³/mol. The van der Waals surface area contributed by atoms with Gasteiger partial charge in [-0.1, -0.05) is 36.8 Å². The Morgan fingerprint density at radius 1 is 0.970 bits per heavy atom. The molecule has 6 heteroatoms. The van der Waals surface area contributed by atoms with Crippen LogP contribution < -0.4 is 5.32 Å². The summed E-state index contributed by atoms with van der Waals surface area (Å²) in [6.07, 6.45) is 6.34. The van der Waals surface area contributed by atoms with E-state index < -0.39 is 0 Å². The maximum absolute atomic E-state index is 12.8. The summed E-state index contributed by atoms with van der Waals surface area (Å²) in [5, 5.41) is 3.15. The highest BCUT2D eigenvalue weighted by atomic mass is 16.3. The molecular weight excluding hydrogens is 412 g/mol. The van der Waals surface area contributed by atoms with Crippen molar-refractivity contribution in [1.29, 1.82) is 0 Å². The second-order valence-corrected chi connectivity index (χ2v) is 8.62. The molecule has 1 aliphatic rings. The molecule has 1 saturated heterocycles. The quantitative estimate of drug-likeness (QED) is 0.422. The Kier molecular flexibility index (Phi) is 6.53. The first-order valence-corrected chi connectivity index (χ1v) is 11.9. The van der Waals surface area contributed by atoms with Gasteiger partial charge in [-0.05, 0) is 62.3 Å². The average molecular weight is 443 g/mol. The third-order valence-electron chi connectivity index (χ3n) is 6.42. The minimum Gasteiger partial charge on any atom is -0.468 e. The minimum absolute atomic E-state index is 0.0373. The number of carbonyl (C=O) groups excluding carboxylic acids is 1. The molecule has 2 aromatic carbocycles. The molecule has 5 rings (SSSR count). The molecule has 3 heterocycles. The molecule has 0 aliphatic carbocycles. The Balaban J connectivity index is 1.27. The second-order valence-electron chi connectivity index (χ2n) is 8.62. The van der Waals surface area contributed by atoms with Crippen molar-refractivity contribution in [2.24, 2.45) is 0 Å². The number of hydrogen-bond donors (Lipinski definition) is 1. The molecule has 0 saturated carbocycles. The molecule has 4 aromatic rings. The molecule has 0 bridgehead atoms. The molecule has 1 aliphatic heterocycles. The number of furan rings is 1. The predicted octanol–water partition coefficient (Wildman–Crippen LogP) is 4.89. The van der Waals surface area contributed by atoms with E-state index in [2.05, 4.69) is 33.0 Å². The first-order valence-electron chi connectivity index (χ1n) is 11.9. The molecule has 0 spiro atoms. The van der Waals surface area contributed by atoms with E-state index in [-0.39, 0.29) is 11.9 Å². The number of imidazole rings is 1. The van der Waals surface area contributed by atoms with E-state index in [1.54, 1.807) is 6.26 Å². The van der Waals surface area contributed by atoms with Gasteiger partial charge in [0, 0.05) is 25.1 Å². The van der Waals surface area contributed by atoms with Gasteiger partial charge in [-0.3, -0.25) is 14.3 Å². The van der Waals surface area contributed by atoms with E-state index in [0.717, 1.165) is 41.4 Å². The molecule has 1 N–H and O–H groups in total. The monoisotopic (exact) mass is 442 g/mol. The Morgan fingerprint density at radius 3 is 2.55 bits per heavy atom. The number of rotatable bonds is 8. The van der Waals surface area contributed by atoms with Gasteiger partial charge in [-0.2, -0.15) is 0 Å². The summed E-state index contributed by atoms with van der Waals surface area (Å²) in [5.41, 5.74) is 3.06. The van der Waals surface area contributed by atoms with Crippen molar-refractivity contribution in [2.75, 3.05) is 19.6 Å². The normalized spacial score (nSPS) is 15.5. The molecule has 170 valence electrons. The van der Waals surface area contributed by atoms with Crippen LogP contribution in [0, 0.1) is 0 Å². The van der Waals surface area contributed by atoms with Crippen molar-refractivity contribution in [3.63, 3.8) is 0 Å². The lowest BCUT2D eigenvalue weighted by Crippen LogP contribution is -2.40. The highest BCUT2D eigenvalue weighted by molar-refractivity contribution is 5.79. The van der Waals surface area contributed by atoms with Crippen LogP contribution in [0.15, 0.2) is 77.4 Å². The van der Waals surface area contributed by atoms with Gasteiger partial charge >= 0.3 is 0 Å². The largest absolute Gasteiger partial charge is 0.468 e. The number of likely N-dealkylation sites (tertiary alicyclic amines) is 1. The van der Waals surface area contributed by atoms with Crippen molar-refractivity contribution < 1.29 is 9.21 Å². The van der Waals surface area contributed by atoms with E-state index in [4.69, 9.17) is 9.40 Å². The molecule has 1 amide bonds. The number of benzene rings is 2. The molecule has 1 atom stereocenters. The van der Waals surface area contributed by atoms with Crippen LogP contribution in [-0.2, 0) is 11.2 Å². The lowest BCUT2D eigenvalue weighted by molar-refractivity contribution is -0.121. The zero-order chi connectivity index (χ0) is 22.5. The summed E-state index contributed by atoms with van der Waals surface area (Å²) >= 11 is 0. The zero-order valence-electron chi connectivity index (χ0n) is 18.8. The number of hydrogen-bond acceptors (Lipinski definition) is 4. The van der Waals surface area contributed by atoms with E-state index >= 15 is 0 Å². The maximum Gasteiger partial charge on any atom is 0.220 e. The standard InChI is InChI=1S/C27H30N4O2/c32-27(28-20-24(25-14-9-19-33-25)30-17-7-2-8-18-30)16-15-26-29-22-12-5-6-13-23(22)31(26)21-10-3-1-4-11-21/h1,3-6,9-14,19,24H,2,7-8,15-18,20H2,(H,28,32). The third kappa shape index (κ3) is 4.86. The summed E-state index contributed by atoms with van der Waals surface area (Å²) in [6, 6.07) is 22.3. The molecule has 6 nitrogen and oxygen atoms in total. The van der Waals surface area contributed by atoms with Crippen molar-refractivity contribution in [2.45, 2.75) is 38.1 Å². The maximum atomic E-state index is 12.8. The van der Waals surface area contributed by atoms with Gasteiger partial charge in [0.05, 0.1) is 23.3 Å². The van der Waals surface area contributed by atoms with Gasteiger partial charge in [0.25, 0.3) is 0 Å². The topological polar surface area (TPSA) is 63.3 Å². The number of aromatic nitrogens is 2. The van der Waals surface area contributed by atoms with Crippen LogP contribution in [0.1, 0.15) is 43.3 Å². The fourth-order valence-electron chi connectivity index (χ4n) is 4.75. The van der Waals surface area contributed by atoms with Gasteiger partial charge in [-0.25, -0.2) is 4.98 Å². The Bertz CT molecular complexity index is 1180. The van der Waals surface area contributed by atoms with Crippen LogP contribution in [0.2, 0.25) is 0 Å². The van der Waals surface area contributed by atoms with Crippen LogP contribution in [0.25, 0.3) is 16.7 Å². The highest BCUT2D eigenvalue weighted by Crippen LogP contribution is 2.25. The van der Waals surface area contributed by atoms with Crippen molar-refractivity contribution in [3.8, 4) is 5.69 Å². The van der Waals surface area contributed by atoms with E-state index in [0.29, 0.717) is 19.4 Å². The van der Waals surface area contributed by atoms with Crippen molar-refractivity contribution >= 4 is 16.9 Å². The molecular formula is C27H30N4O2. The minimum atomic E-state index is 0.0373.